The van der Waals surface area contributed by atoms with E-state index in [1.807, 2.05) is 0 Å². The molecule has 0 aromatic heterocycles. The maximum absolute atomic E-state index is 2.79. The van der Waals surface area contributed by atoms with Gasteiger partial charge in [-0.3, -0.25) is 4.90 Å². The van der Waals surface area contributed by atoms with Crippen LogP contribution < -0.4 is 0 Å². The summed E-state index contributed by atoms with van der Waals surface area (Å²) in [6.07, 6.45) is 7.11. The average Bonchev–Trinajstić information content (AvgIpc) is 2.30. The van der Waals surface area contributed by atoms with E-state index in [2.05, 4.69) is 23.6 Å². The van der Waals surface area contributed by atoms with Crippen molar-refractivity contribution in [3.8, 4) is 0 Å². The van der Waals surface area contributed by atoms with Gasteiger partial charge in [-0.15, -0.1) is 0 Å². The van der Waals surface area contributed by atoms with E-state index in [1.165, 1.54) is 58.3 Å². The van der Waals surface area contributed by atoms with Gasteiger partial charge in [-0.2, -0.15) is 0 Å². The summed E-state index contributed by atoms with van der Waals surface area (Å²) in [7, 11) is 0. The summed E-state index contributed by atoms with van der Waals surface area (Å²) in [6, 6.07) is 1.74. The molecule has 2 aliphatic heterocycles. The third kappa shape index (κ3) is 2.73. The van der Waals surface area contributed by atoms with Crippen LogP contribution in [0, 0.1) is 0 Å². The Bertz CT molecular complexity index is 185. The molecule has 0 amide bonds. The number of nitrogens with zero attached hydrogens (tertiary/aromatic N) is 2. The van der Waals surface area contributed by atoms with E-state index in [0.29, 0.717) is 0 Å². The molecule has 88 valence electrons. The summed E-state index contributed by atoms with van der Waals surface area (Å²) in [6.45, 7) is 9.95. The SMILES string of the molecule is CCN1CCC(N2CCCC[C@@H]2C)CC1. The Morgan fingerprint density at radius 3 is 2.33 bits per heavy atom. The first-order valence-electron chi connectivity index (χ1n) is 6.79. The maximum atomic E-state index is 2.79. The molecule has 2 saturated heterocycles. The minimum absolute atomic E-state index is 0.844. The van der Waals surface area contributed by atoms with Crippen LogP contribution in [-0.4, -0.2) is 48.1 Å². The molecule has 0 bridgehead atoms. The molecule has 2 rings (SSSR count). The quantitative estimate of drug-likeness (QED) is 0.690. The first-order chi connectivity index (χ1) is 7.31. The second-order valence-electron chi connectivity index (χ2n) is 5.25. The van der Waals surface area contributed by atoms with Gasteiger partial charge in [0.2, 0.25) is 0 Å². The summed E-state index contributed by atoms with van der Waals surface area (Å²) in [5, 5.41) is 0. The molecule has 2 fully saturated rings. The fourth-order valence-corrected chi connectivity index (χ4v) is 3.23. The Morgan fingerprint density at radius 1 is 1.00 bits per heavy atom. The molecule has 0 N–H and O–H groups in total. The van der Waals surface area contributed by atoms with Crippen molar-refractivity contribution in [1.82, 2.24) is 9.80 Å². The van der Waals surface area contributed by atoms with Crippen molar-refractivity contribution in [2.24, 2.45) is 0 Å². The Kier molecular flexibility index (Phi) is 4.04. The minimum Gasteiger partial charge on any atom is -0.303 e. The highest BCUT2D eigenvalue weighted by Gasteiger charge is 2.28. The Morgan fingerprint density at radius 2 is 1.73 bits per heavy atom. The van der Waals surface area contributed by atoms with Crippen LogP contribution in [0.3, 0.4) is 0 Å². The van der Waals surface area contributed by atoms with Crippen molar-refractivity contribution in [3.63, 3.8) is 0 Å². The van der Waals surface area contributed by atoms with Gasteiger partial charge in [0.25, 0.3) is 0 Å². The number of rotatable bonds is 2. The summed E-state index contributed by atoms with van der Waals surface area (Å²) in [5.41, 5.74) is 0. The third-order valence-electron chi connectivity index (χ3n) is 4.33. The monoisotopic (exact) mass is 210 g/mol. The van der Waals surface area contributed by atoms with Gasteiger partial charge in [-0.1, -0.05) is 13.3 Å². The standard InChI is InChI=1S/C13H26N2/c1-3-14-10-7-13(8-11-14)15-9-5-4-6-12(15)2/h12-13H,3-11H2,1-2H3/t12-/m0/s1. The molecular formula is C13H26N2. The fraction of sp³-hybridized carbons (Fsp3) is 1.00. The smallest absolute Gasteiger partial charge is 0.0122 e. The van der Waals surface area contributed by atoms with Gasteiger partial charge in [0.15, 0.2) is 0 Å². The van der Waals surface area contributed by atoms with Gasteiger partial charge in [-0.25, -0.2) is 0 Å². The van der Waals surface area contributed by atoms with Crippen molar-refractivity contribution in [2.45, 2.75) is 58.0 Å². The van der Waals surface area contributed by atoms with Gasteiger partial charge in [0.05, 0.1) is 0 Å². The van der Waals surface area contributed by atoms with Crippen molar-refractivity contribution >= 4 is 0 Å². The van der Waals surface area contributed by atoms with Crippen molar-refractivity contribution < 1.29 is 0 Å². The molecule has 0 radical (unpaired) electrons. The van der Waals surface area contributed by atoms with Gasteiger partial charge in [0.1, 0.15) is 0 Å². The molecule has 15 heavy (non-hydrogen) atoms. The van der Waals surface area contributed by atoms with Crippen molar-refractivity contribution in [2.75, 3.05) is 26.2 Å². The zero-order valence-corrected chi connectivity index (χ0v) is 10.4. The first-order valence-corrected chi connectivity index (χ1v) is 6.79. The van der Waals surface area contributed by atoms with Crippen LogP contribution in [-0.2, 0) is 0 Å². The lowest BCUT2D eigenvalue weighted by Gasteiger charge is -2.43. The summed E-state index contributed by atoms with van der Waals surface area (Å²) in [5.74, 6) is 0. The van der Waals surface area contributed by atoms with Gasteiger partial charge in [0, 0.05) is 12.1 Å². The minimum atomic E-state index is 0.844. The Balaban J connectivity index is 1.83. The van der Waals surface area contributed by atoms with E-state index in [0.717, 1.165) is 12.1 Å². The highest BCUT2D eigenvalue weighted by Crippen LogP contribution is 2.24. The lowest BCUT2D eigenvalue weighted by Crippen LogP contribution is -2.49. The molecule has 2 heterocycles. The van der Waals surface area contributed by atoms with E-state index in [4.69, 9.17) is 0 Å². The van der Waals surface area contributed by atoms with E-state index in [1.54, 1.807) is 0 Å². The largest absolute Gasteiger partial charge is 0.303 e. The first kappa shape index (κ1) is 11.4. The molecule has 0 unspecified atom stereocenters. The molecule has 0 aliphatic carbocycles. The molecule has 1 atom stereocenters. The second kappa shape index (κ2) is 5.31. The fourth-order valence-electron chi connectivity index (χ4n) is 3.23. The van der Waals surface area contributed by atoms with Crippen LogP contribution in [0.2, 0.25) is 0 Å². The normalized spacial score (nSPS) is 32.0. The maximum Gasteiger partial charge on any atom is 0.0122 e. The summed E-state index contributed by atoms with van der Waals surface area (Å²) in [4.78, 5) is 5.38. The van der Waals surface area contributed by atoms with Gasteiger partial charge in [-0.05, 0) is 58.8 Å². The third-order valence-corrected chi connectivity index (χ3v) is 4.33. The van der Waals surface area contributed by atoms with Crippen molar-refractivity contribution in [1.29, 1.82) is 0 Å². The van der Waals surface area contributed by atoms with Gasteiger partial charge >= 0.3 is 0 Å². The number of hydrogen-bond donors (Lipinski definition) is 0. The average molecular weight is 210 g/mol. The number of hydrogen-bond acceptors (Lipinski definition) is 2. The number of likely N-dealkylation sites (tertiary alicyclic amines) is 2. The van der Waals surface area contributed by atoms with Crippen molar-refractivity contribution in [3.05, 3.63) is 0 Å². The topological polar surface area (TPSA) is 6.48 Å². The number of piperidine rings is 2. The molecule has 2 heteroatoms. The van der Waals surface area contributed by atoms with E-state index >= 15 is 0 Å². The molecule has 2 aliphatic rings. The molecule has 0 saturated carbocycles. The van der Waals surface area contributed by atoms with E-state index in [9.17, 15) is 0 Å². The highest BCUT2D eigenvalue weighted by molar-refractivity contribution is 4.84. The summed E-state index contributed by atoms with van der Waals surface area (Å²) < 4.78 is 0. The lowest BCUT2D eigenvalue weighted by atomic mass is 9.96. The molecule has 0 spiro atoms. The Hall–Kier alpha value is -0.0800. The molecule has 2 nitrogen and oxygen atoms in total. The molecule has 0 aromatic rings. The predicted molar refractivity (Wildman–Crippen MR) is 65.2 cm³/mol. The van der Waals surface area contributed by atoms with Crippen LogP contribution >= 0.6 is 0 Å². The second-order valence-corrected chi connectivity index (χ2v) is 5.25. The van der Waals surface area contributed by atoms with Crippen LogP contribution in [0.1, 0.15) is 46.0 Å². The lowest BCUT2D eigenvalue weighted by molar-refractivity contribution is 0.0590. The van der Waals surface area contributed by atoms with Crippen LogP contribution in [0.4, 0.5) is 0 Å². The van der Waals surface area contributed by atoms with Gasteiger partial charge < -0.3 is 4.90 Å². The van der Waals surface area contributed by atoms with E-state index < -0.39 is 0 Å². The van der Waals surface area contributed by atoms with Crippen LogP contribution in [0.15, 0.2) is 0 Å². The zero-order valence-electron chi connectivity index (χ0n) is 10.4. The zero-order chi connectivity index (χ0) is 10.7. The summed E-state index contributed by atoms with van der Waals surface area (Å²) >= 11 is 0. The van der Waals surface area contributed by atoms with Crippen LogP contribution in [0.25, 0.3) is 0 Å². The van der Waals surface area contributed by atoms with Crippen LogP contribution in [0.5, 0.6) is 0 Å². The highest BCUT2D eigenvalue weighted by atomic mass is 15.2. The van der Waals surface area contributed by atoms with E-state index in [-0.39, 0.29) is 0 Å². The predicted octanol–water partition coefficient (Wildman–Crippen LogP) is 2.35. The molecular weight excluding hydrogens is 184 g/mol. The Labute approximate surface area is 94.6 Å². The molecule has 0 aromatic carbocycles.